The van der Waals surface area contributed by atoms with Gasteiger partial charge in [-0.1, -0.05) is 72.0 Å². The highest BCUT2D eigenvalue weighted by Crippen LogP contribution is 2.11. The first kappa shape index (κ1) is 25.7. The molecule has 0 aliphatic carbocycles. The van der Waals surface area contributed by atoms with Gasteiger partial charge in [0.25, 0.3) is 0 Å². The van der Waals surface area contributed by atoms with Crippen molar-refractivity contribution in [2.45, 2.75) is 91.9 Å². The highest BCUT2D eigenvalue weighted by atomic mass is 16.5. The number of carboxylic acid groups (broad SMARTS) is 1. The predicted octanol–water partition coefficient (Wildman–Crippen LogP) is 6.06. The van der Waals surface area contributed by atoms with Crippen molar-refractivity contribution in [2.75, 3.05) is 6.61 Å². The Hall–Kier alpha value is -1.58. The molecule has 146 valence electrons. The van der Waals surface area contributed by atoms with Gasteiger partial charge in [-0.2, -0.15) is 0 Å². The molecule has 0 aromatic rings. The number of aliphatic carboxylic acids is 1. The molecule has 0 aromatic carbocycles. The number of unbranched alkanes of at least 4 members (excludes halogenated alkanes) is 7. The molecule has 0 saturated carbocycles. The van der Waals surface area contributed by atoms with E-state index < -0.39 is 5.97 Å². The molecule has 0 amide bonds. The average molecular weight is 355 g/mol. The normalized spacial score (nSPS) is 10.6. The SMILES string of the molecule is C=C(C)C(=O)O.CCCCCCCCCC=C(CC)C(=O)OCCC. The molecule has 0 radical (unpaired) electrons. The summed E-state index contributed by atoms with van der Waals surface area (Å²) in [5, 5.41) is 7.89. The van der Waals surface area contributed by atoms with Crippen molar-refractivity contribution in [3.05, 3.63) is 23.8 Å². The highest BCUT2D eigenvalue weighted by Gasteiger charge is 2.07. The van der Waals surface area contributed by atoms with E-state index in [9.17, 15) is 9.59 Å². The largest absolute Gasteiger partial charge is 0.478 e. The zero-order valence-corrected chi connectivity index (χ0v) is 16.7. The molecule has 1 N–H and O–H groups in total. The van der Waals surface area contributed by atoms with Crippen molar-refractivity contribution in [3.63, 3.8) is 0 Å². The first-order valence-corrected chi connectivity index (χ1v) is 9.65. The molecule has 0 spiro atoms. The molecule has 4 nitrogen and oxygen atoms in total. The number of hydrogen-bond donors (Lipinski definition) is 1. The lowest BCUT2D eigenvalue weighted by Crippen LogP contribution is -2.08. The minimum atomic E-state index is -0.935. The third-order valence-electron chi connectivity index (χ3n) is 3.64. The van der Waals surface area contributed by atoms with Crippen molar-refractivity contribution in [2.24, 2.45) is 0 Å². The van der Waals surface area contributed by atoms with Crippen LogP contribution in [0, 0.1) is 0 Å². The topological polar surface area (TPSA) is 63.6 Å². The van der Waals surface area contributed by atoms with Gasteiger partial charge in [-0.3, -0.25) is 0 Å². The fraction of sp³-hybridized carbons (Fsp3) is 0.714. The van der Waals surface area contributed by atoms with E-state index in [2.05, 4.69) is 19.6 Å². The third-order valence-corrected chi connectivity index (χ3v) is 3.64. The van der Waals surface area contributed by atoms with E-state index >= 15 is 0 Å². The van der Waals surface area contributed by atoms with E-state index in [-0.39, 0.29) is 11.5 Å². The molecule has 4 heteroatoms. The van der Waals surface area contributed by atoms with Crippen LogP contribution in [0.4, 0.5) is 0 Å². The van der Waals surface area contributed by atoms with Gasteiger partial charge < -0.3 is 9.84 Å². The zero-order chi connectivity index (χ0) is 19.5. The van der Waals surface area contributed by atoms with E-state index in [1.165, 1.54) is 51.9 Å². The molecule has 0 unspecified atom stereocenters. The van der Waals surface area contributed by atoms with Crippen LogP contribution in [0.1, 0.15) is 91.9 Å². The molecule has 0 fully saturated rings. The molecule has 0 heterocycles. The Morgan fingerprint density at radius 1 is 0.960 bits per heavy atom. The van der Waals surface area contributed by atoms with Gasteiger partial charge in [-0.05, 0) is 32.6 Å². The van der Waals surface area contributed by atoms with E-state index in [1.54, 1.807) is 0 Å². The number of ether oxygens (including phenoxy) is 1. The molecule has 0 atom stereocenters. The zero-order valence-electron chi connectivity index (χ0n) is 16.7. The first-order valence-electron chi connectivity index (χ1n) is 9.65. The van der Waals surface area contributed by atoms with Crippen molar-refractivity contribution in [1.29, 1.82) is 0 Å². The monoisotopic (exact) mass is 354 g/mol. The third kappa shape index (κ3) is 18.6. The number of esters is 1. The van der Waals surface area contributed by atoms with Gasteiger partial charge in [-0.25, -0.2) is 9.59 Å². The minimum absolute atomic E-state index is 0.118. The van der Waals surface area contributed by atoms with Crippen LogP contribution in [0.25, 0.3) is 0 Å². The summed E-state index contributed by atoms with van der Waals surface area (Å²) in [4.78, 5) is 21.3. The van der Waals surface area contributed by atoms with Crippen LogP contribution in [-0.2, 0) is 14.3 Å². The maximum absolute atomic E-state index is 11.7. The van der Waals surface area contributed by atoms with Crippen molar-refractivity contribution in [1.82, 2.24) is 0 Å². The van der Waals surface area contributed by atoms with E-state index in [0.717, 1.165) is 24.8 Å². The van der Waals surface area contributed by atoms with Crippen molar-refractivity contribution >= 4 is 11.9 Å². The summed E-state index contributed by atoms with van der Waals surface area (Å²) in [5.41, 5.74) is 1.02. The molecule has 0 aliphatic rings. The molecule has 0 aromatic heterocycles. The van der Waals surface area contributed by atoms with Crippen LogP contribution in [0.15, 0.2) is 23.8 Å². The maximum atomic E-state index is 11.7. The molecular formula is C21H38O4. The number of rotatable bonds is 13. The van der Waals surface area contributed by atoms with Crippen LogP contribution in [0.2, 0.25) is 0 Å². The standard InChI is InChI=1S/C17H32O2.C4H6O2/c1-4-7-8-9-10-11-12-13-14-16(6-3)17(18)19-15-5-2;1-3(2)4(5)6/h14H,4-13,15H2,1-3H3;1H2,2H3,(H,5,6). The molecular weight excluding hydrogens is 316 g/mol. The van der Waals surface area contributed by atoms with Crippen LogP contribution >= 0.6 is 0 Å². The fourth-order valence-corrected chi connectivity index (χ4v) is 2.04. The van der Waals surface area contributed by atoms with Gasteiger partial charge in [-0.15, -0.1) is 0 Å². The molecule has 0 aliphatic heterocycles. The Morgan fingerprint density at radius 2 is 1.48 bits per heavy atom. The Bertz CT molecular complexity index is 385. The number of carbonyl (C=O) groups is 2. The molecule has 0 rings (SSSR count). The lowest BCUT2D eigenvalue weighted by molar-refractivity contribution is -0.139. The van der Waals surface area contributed by atoms with E-state index in [4.69, 9.17) is 9.84 Å². The fourth-order valence-electron chi connectivity index (χ4n) is 2.04. The lowest BCUT2D eigenvalue weighted by atomic mass is 10.1. The number of allylic oxidation sites excluding steroid dienone is 1. The summed E-state index contributed by atoms with van der Waals surface area (Å²) >= 11 is 0. The van der Waals surface area contributed by atoms with Gasteiger partial charge in [0.05, 0.1) is 6.61 Å². The highest BCUT2D eigenvalue weighted by molar-refractivity contribution is 5.88. The van der Waals surface area contributed by atoms with Gasteiger partial charge in [0.2, 0.25) is 0 Å². The van der Waals surface area contributed by atoms with Gasteiger partial charge in [0.15, 0.2) is 0 Å². The summed E-state index contributed by atoms with van der Waals surface area (Å²) in [7, 11) is 0. The van der Waals surface area contributed by atoms with Crippen LogP contribution in [0.5, 0.6) is 0 Å². The van der Waals surface area contributed by atoms with Crippen LogP contribution in [-0.4, -0.2) is 23.7 Å². The molecule has 25 heavy (non-hydrogen) atoms. The average Bonchev–Trinajstić information content (AvgIpc) is 2.58. The number of carbonyl (C=O) groups excluding carboxylic acids is 1. The molecule has 0 bridgehead atoms. The van der Waals surface area contributed by atoms with E-state index in [1.807, 2.05) is 13.8 Å². The summed E-state index contributed by atoms with van der Waals surface area (Å²) in [6, 6.07) is 0. The minimum Gasteiger partial charge on any atom is -0.478 e. The van der Waals surface area contributed by atoms with Gasteiger partial charge >= 0.3 is 11.9 Å². The van der Waals surface area contributed by atoms with Gasteiger partial charge in [0, 0.05) is 11.1 Å². The Kier molecular flexibility index (Phi) is 19.2. The quantitative estimate of drug-likeness (QED) is 0.248. The Balaban J connectivity index is 0. The number of hydrogen-bond acceptors (Lipinski definition) is 3. The van der Waals surface area contributed by atoms with E-state index in [0.29, 0.717) is 6.61 Å². The lowest BCUT2D eigenvalue weighted by Gasteiger charge is -2.05. The summed E-state index contributed by atoms with van der Waals surface area (Å²) in [5.74, 6) is -1.05. The van der Waals surface area contributed by atoms with Crippen molar-refractivity contribution < 1.29 is 19.4 Å². The summed E-state index contributed by atoms with van der Waals surface area (Å²) < 4.78 is 5.16. The van der Waals surface area contributed by atoms with Crippen LogP contribution in [0.3, 0.4) is 0 Å². The Morgan fingerprint density at radius 3 is 1.92 bits per heavy atom. The second-order valence-corrected chi connectivity index (χ2v) is 6.21. The Labute approximate surface area is 154 Å². The summed E-state index contributed by atoms with van der Waals surface area (Å²) in [6.45, 7) is 11.4. The first-order chi connectivity index (χ1) is 11.9. The second-order valence-electron chi connectivity index (χ2n) is 6.21. The molecule has 0 saturated heterocycles. The van der Waals surface area contributed by atoms with Crippen molar-refractivity contribution in [3.8, 4) is 0 Å². The smallest absolute Gasteiger partial charge is 0.333 e. The number of carboxylic acids is 1. The second kappa shape index (κ2) is 18.8. The van der Waals surface area contributed by atoms with Gasteiger partial charge in [0.1, 0.15) is 0 Å². The predicted molar refractivity (Wildman–Crippen MR) is 105 cm³/mol. The maximum Gasteiger partial charge on any atom is 0.333 e. The summed E-state index contributed by atoms with van der Waals surface area (Å²) in [6.07, 6.45) is 14.0. The van der Waals surface area contributed by atoms with Crippen LogP contribution < -0.4 is 0 Å².